The monoisotopic (exact) mass is 341 g/mol. The second kappa shape index (κ2) is 6.28. The minimum Gasteiger partial charge on any atom is -0.489 e. The molecule has 3 nitrogen and oxygen atoms in total. The standard InChI is InChI=1S/C14H13BrClNO2/c15-10-4-5-12(16)14(7-10)19-8-13(18)9-2-1-3-11(17)6-9/h1-7,13,18H,8,17H2. The zero-order valence-electron chi connectivity index (χ0n) is 10.0. The molecule has 0 aliphatic heterocycles. The van der Waals surface area contributed by atoms with Gasteiger partial charge in [0.1, 0.15) is 18.5 Å². The van der Waals surface area contributed by atoms with Gasteiger partial charge in [0, 0.05) is 10.2 Å². The van der Waals surface area contributed by atoms with E-state index in [1.807, 2.05) is 6.07 Å². The Hall–Kier alpha value is -1.23. The first-order chi connectivity index (χ1) is 9.06. The van der Waals surface area contributed by atoms with Crippen LogP contribution >= 0.6 is 27.5 Å². The predicted octanol–water partition coefficient (Wildman–Crippen LogP) is 3.80. The molecule has 0 saturated carbocycles. The van der Waals surface area contributed by atoms with Gasteiger partial charge in [0.05, 0.1) is 5.02 Å². The second-order valence-electron chi connectivity index (χ2n) is 4.07. The van der Waals surface area contributed by atoms with E-state index in [1.165, 1.54) is 0 Å². The summed E-state index contributed by atoms with van der Waals surface area (Å²) in [5, 5.41) is 10.5. The lowest BCUT2D eigenvalue weighted by Gasteiger charge is -2.14. The number of rotatable bonds is 4. The van der Waals surface area contributed by atoms with Crippen molar-refractivity contribution in [3.05, 3.63) is 57.5 Å². The second-order valence-corrected chi connectivity index (χ2v) is 5.39. The number of hydrogen-bond donors (Lipinski definition) is 2. The summed E-state index contributed by atoms with van der Waals surface area (Å²) in [5.41, 5.74) is 6.99. The molecule has 2 rings (SSSR count). The molecule has 5 heteroatoms. The van der Waals surface area contributed by atoms with Gasteiger partial charge in [-0.25, -0.2) is 0 Å². The van der Waals surface area contributed by atoms with E-state index in [-0.39, 0.29) is 6.61 Å². The summed E-state index contributed by atoms with van der Waals surface area (Å²) in [6.45, 7) is 0.111. The summed E-state index contributed by atoms with van der Waals surface area (Å²) < 4.78 is 6.39. The molecule has 1 atom stereocenters. The van der Waals surface area contributed by atoms with Crippen LogP contribution in [0.2, 0.25) is 5.02 Å². The first kappa shape index (κ1) is 14.2. The van der Waals surface area contributed by atoms with Crippen LogP contribution in [0.5, 0.6) is 5.75 Å². The molecule has 0 aromatic heterocycles. The van der Waals surface area contributed by atoms with E-state index < -0.39 is 6.10 Å². The molecular formula is C14H13BrClNO2. The number of nitrogens with two attached hydrogens (primary N) is 1. The number of aliphatic hydroxyl groups is 1. The number of nitrogen functional groups attached to an aromatic ring is 1. The topological polar surface area (TPSA) is 55.5 Å². The molecule has 1 unspecified atom stereocenters. The average molecular weight is 343 g/mol. The molecule has 0 aliphatic carbocycles. The molecule has 0 aliphatic rings. The highest BCUT2D eigenvalue weighted by Crippen LogP contribution is 2.29. The fourth-order valence-electron chi connectivity index (χ4n) is 1.62. The zero-order valence-corrected chi connectivity index (χ0v) is 12.4. The van der Waals surface area contributed by atoms with Crippen molar-refractivity contribution in [1.82, 2.24) is 0 Å². The third kappa shape index (κ3) is 3.86. The summed E-state index contributed by atoms with van der Waals surface area (Å²) in [4.78, 5) is 0. The van der Waals surface area contributed by atoms with Crippen LogP contribution in [0.1, 0.15) is 11.7 Å². The summed E-state index contributed by atoms with van der Waals surface area (Å²) >= 11 is 9.34. The molecule has 2 aromatic carbocycles. The first-order valence-electron chi connectivity index (χ1n) is 5.67. The Morgan fingerprint density at radius 1 is 1.26 bits per heavy atom. The fraction of sp³-hybridized carbons (Fsp3) is 0.143. The lowest BCUT2D eigenvalue weighted by Crippen LogP contribution is -2.10. The summed E-state index contributed by atoms with van der Waals surface area (Å²) in [6.07, 6.45) is -0.751. The molecule has 0 spiro atoms. The van der Waals surface area contributed by atoms with Gasteiger partial charge >= 0.3 is 0 Å². The van der Waals surface area contributed by atoms with E-state index in [1.54, 1.807) is 36.4 Å². The Kier molecular flexibility index (Phi) is 4.69. The van der Waals surface area contributed by atoms with Gasteiger partial charge in [-0.05, 0) is 35.9 Å². The van der Waals surface area contributed by atoms with Crippen molar-refractivity contribution in [2.24, 2.45) is 0 Å². The fourth-order valence-corrected chi connectivity index (χ4v) is 2.13. The van der Waals surface area contributed by atoms with E-state index in [9.17, 15) is 5.11 Å². The van der Waals surface area contributed by atoms with Crippen LogP contribution < -0.4 is 10.5 Å². The maximum absolute atomic E-state index is 10.0. The Morgan fingerprint density at radius 2 is 2.05 bits per heavy atom. The van der Waals surface area contributed by atoms with Gasteiger partial charge in [-0.2, -0.15) is 0 Å². The number of hydrogen-bond acceptors (Lipinski definition) is 3. The number of aliphatic hydroxyl groups excluding tert-OH is 1. The summed E-state index contributed by atoms with van der Waals surface area (Å²) in [5.74, 6) is 0.527. The number of halogens is 2. The summed E-state index contributed by atoms with van der Waals surface area (Å²) in [7, 11) is 0. The largest absolute Gasteiger partial charge is 0.489 e. The molecule has 3 N–H and O–H groups in total. The number of ether oxygens (including phenoxy) is 1. The highest BCUT2D eigenvalue weighted by molar-refractivity contribution is 9.10. The third-order valence-corrected chi connectivity index (χ3v) is 3.39. The zero-order chi connectivity index (χ0) is 13.8. The molecule has 2 aromatic rings. The van der Waals surface area contributed by atoms with E-state index >= 15 is 0 Å². The van der Waals surface area contributed by atoms with Crippen molar-refractivity contribution < 1.29 is 9.84 Å². The van der Waals surface area contributed by atoms with Crippen molar-refractivity contribution in [2.75, 3.05) is 12.3 Å². The Bertz CT molecular complexity index is 577. The molecule has 0 saturated heterocycles. The van der Waals surface area contributed by atoms with Gasteiger partial charge in [0.25, 0.3) is 0 Å². The number of benzene rings is 2. The first-order valence-corrected chi connectivity index (χ1v) is 6.84. The molecule has 100 valence electrons. The molecule has 0 radical (unpaired) electrons. The lowest BCUT2D eigenvalue weighted by molar-refractivity contribution is 0.108. The normalized spacial score (nSPS) is 12.2. The average Bonchev–Trinajstić information content (AvgIpc) is 2.39. The quantitative estimate of drug-likeness (QED) is 0.831. The van der Waals surface area contributed by atoms with E-state index in [2.05, 4.69) is 15.9 Å². The van der Waals surface area contributed by atoms with Gasteiger partial charge < -0.3 is 15.6 Å². The minimum absolute atomic E-state index is 0.111. The van der Waals surface area contributed by atoms with Crippen LogP contribution in [0, 0.1) is 0 Å². The highest BCUT2D eigenvalue weighted by atomic mass is 79.9. The molecular weight excluding hydrogens is 330 g/mol. The predicted molar refractivity (Wildman–Crippen MR) is 80.5 cm³/mol. The van der Waals surface area contributed by atoms with Gasteiger partial charge in [0.2, 0.25) is 0 Å². The lowest BCUT2D eigenvalue weighted by atomic mass is 10.1. The van der Waals surface area contributed by atoms with Gasteiger partial charge in [-0.15, -0.1) is 0 Å². The van der Waals surface area contributed by atoms with Crippen LogP contribution in [0.3, 0.4) is 0 Å². The van der Waals surface area contributed by atoms with Crippen molar-refractivity contribution in [3.8, 4) is 5.75 Å². The Labute approximate surface area is 125 Å². The van der Waals surface area contributed by atoms with Crippen molar-refractivity contribution in [2.45, 2.75) is 6.10 Å². The molecule has 0 fully saturated rings. The summed E-state index contributed by atoms with van der Waals surface area (Å²) in [6, 6.07) is 12.4. The maximum atomic E-state index is 10.0. The third-order valence-electron chi connectivity index (χ3n) is 2.59. The van der Waals surface area contributed by atoms with Gasteiger partial charge in [-0.1, -0.05) is 39.7 Å². The Morgan fingerprint density at radius 3 is 2.79 bits per heavy atom. The van der Waals surface area contributed by atoms with Crippen molar-refractivity contribution >= 4 is 33.2 Å². The van der Waals surface area contributed by atoms with Crippen LogP contribution in [-0.2, 0) is 0 Å². The minimum atomic E-state index is -0.751. The van der Waals surface area contributed by atoms with Crippen molar-refractivity contribution in [3.63, 3.8) is 0 Å². The van der Waals surface area contributed by atoms with E-state index in [4.69, 9.17) is 22.1 Å². The molecule has 0 heterocycles. The van der Waals surface area contributed by atoms with Crippen LogP contribution in [0.4, 0.5) is 5.69 Å². The van der Waals surface area contributed by atoms with Crippen LogP contribution in [-0.4, -0.2) is 11.7 Å². The number of anilines is 1. The molecule has 0 bridgehead atoms. The molecule has 0 amide bonds. The van der Waals surface area contributed by atoms with Crippen LogP contribution in [0.25, 0.3) is 0 Å². The van der Waals surface area contributed by atoms with Crippen molar-refractivity contribution in [1.29, 1.82) is 0 Å². The van der Waals surface area contributed by atoms with Crippen LogP contribution in [0.15, 0.2) is 46.9 Å². The Balaban J connectivity index is 2.04. The highest BCUT2D eigenvalue weighted by Gasteiger charge is 2.10. The smallest absolute Gasteiger partial charge is 0.139 e. The van der Waals surface area contributed by atoms with Gasteiger partial charge in [0.15, 0.2) is 0 Å². The maximum Gasteiger partial charge on any atom is 0.139 e. The van der Waals surface area contributed by atoms with E-state index in [0.29, 0.717) is 22.0 Å². The molecule has 19 heavy (non-hydrogen) atoms. The SMILES string of the molecule is Nc1cccc(C(O)COc2cc(Br)ccc2Cl)c1. The van der Waals surface area contributed by atoms with E-state index in [0.717, 1.165) is 4.47 Å². The van der Waals surface area contributed by atoms with Gasteiger partial charge in [-0.3, -0.25) is 0 Å².